The van der Waals surface area contributed by atoms with Crippen molar-refractivity contribution in [1.82, 2.24) is 58.1 Å². The number of phenols is 1. The van der Waals surface area contributed by atoms with Gasteiger partial charge in [0.15, 0.2) is 0 Å². The maximum atomic E-state index is 14.8. The Bertz CT molecular complexity index is 2930. The van der Waals surface area contributed by atoms with Gasteiger partial charge in [-0.2, -0.15) is 0 Å². The quantitative estimate of drug-likeness (QED) is 0.0324. The predicted octanol–water partition coefficient (Wildman–Crippen LogP) is -6.80. The van der Waals surface area contributed by atoms with Crippen LogP contribution in [0, 0.1) is 0 Å². The summed E-state index contributed by atoms with van der Waals surface area (Å²) in [6.07, 6.45) is -1.13. The number of rotatable bonds is 25. The monoisotopic (exact) mass is 1350 g/mol. The van der Waals surface area contributed by atoms with Gasteiger partial charge in [0.1, 0.15) is 54.1 Å². The first-order valence-electron chi connectivity index (χ1n) is 28.9. The zero-order valence-corrected chi connectivity index (χ0v) is 52.7. The highest BCUT2D eigenvalue weighted by atomic mass is 33.1. The van der Waals surface area contributed by atoms with Crippen LogP contribution >= 0.6 is 21.6 Å². The topological polar surface area (TPSA) is 587 Å². The first-order chi connectivity index (χ1) is 43.9. The third-order valence-corrected chi connectivity index (χ3v) is 15.4. The highest BCUT2D eigenvalue weighted by molar-refractivity contribution is 8.76. The van der Waals surface area contributed by atoms with Crippen LogP contribution in [0.25, 0.3) is 0 Å². The van der Waals surface area contributed by atoms with E-state index in [0.29, 0.717) is 24.0 Å². The van der Waals surface area contributed by atoms with E-state index in [1.54, 1.807) is 30.3 Å². The molecule has 0 bridgehead atoms. The molecule has 1 unspecified atom stereocenters. The number of phenolic OH excluding ortho intramolecular Hbond substituents is 1. The SMILES string of the molecule is CC(=O)O.CC(=O)O.NCCCC[C@H](NC(=O)[C@@H]1CCCN1C(=O)[C@@H]1CSSC[C@H](NC(=O)CNC(=O)CNC(=O)CN)C(=O)N[C@@H](Cc2ccc(O)cc2)C(=O)NC(Cc2ccccc2)C(=O)N[C@@H](CCC(N)=O)C(=O)N[C@@H](CC(N)=O)C(=O)N1)C(=O)NCC(N)=O. The van der Waals surface area contributed by atoms with E-state index in [9.17, 15) is 72.2 Å². The predicted molar refractivity (Wildman–Crippen MR) is 334 cm³/mol. The summed E-state index contributed by atoms with van der Waals surface area (Å²) in [6, 6.07) is 1.48. The lowest BCUT2D eigenvalue weighted by atomic mass is 10.0. The lowest BCUT2D eigenvalue weighted by molar-refractivity contribution is -0.142. The molecule has 37 heteroatoms. The van der Waals surface area contributed by atoms with E-state index in [1.807, 2.05) is 0 Å². The lowest BCUT2D eigenvalue weighted by Gasteiger charge is -2.31. The van der Waals surface area contributed by atoms with Crippen LogP contribution in [-0.2, 0) is 89.6 Å². The number of carbonyl (C=O) groups is 16. The number of hydrogen-bond acceptors (Lipinski definition) is 21. The molecule has 93 heavy (non-hydrogen) atoms. The number of carbonyl (C=O) groups excluding carboxylic acids is 14. The molecule has 23 N–H and O–H groups in total. The summed E-state index contributed by atoms with van der Waals surface area (Å²) < 4.78 is 0. The van der Waals surface area contributed by atoms with Crippen LogP contribution in [0.1, 0.15) is 76.3 Å². The van der Waals surface area contributed by atoms with Gasteiger partial charge >= 0.3 is 0 Å². The van der Waals surface area contributed by atoms with Crippen molar-refractivity contribution in [2.24, 2.45) is 28.7 Å². The van der Waals surface area contributed by atoms with Gasteiger partial charge in [-0.1, -0.05) is 64.1 Å². The minimum Gasteiger partial charge on any atom is -0.508 e. The molecule has 2 heterocycles. The van der Waals surface area contributed by atoms with Gasteiger partial charge in [0.2, 0.25) is 82.7 Å². The van der Waals surface area contributed by atoms with Crippen LogP contribution in [0.15, 0.2) is 54.6 Å². The Kier molecular flexibility index (Phi) is 36.3. The fraction of sp³-hybridized carbons (Fsp3) is 0.500. The van der Waals surface area contributed by atoms with Crippen LogP contribution in [0.4, 0.5) is 0 Å². The molecule has 8 atom stereocenters. The minimum atomic E-state index is -1.87. The average Bonchev–Trinajstić information content (AvgIpc) is 1.82. The first-order valence-corrected chi connectivity index (χ1v) is 31.4. The van der Waals surface area contributed by atoms with E-state index in [2.05, 4.69) is 53.2 Å². The van der Waals surface area contributed by atoms with E-state index in [4.69, 9.17) is 48.5 Å². The second kappa shape index (κ2) is 42.4. The maximum Gasteiger partial charge on any atom is 0.300 e. The molecule has 0 saturated carbocycles. The van der Waals surface area contributed by atoms with Crippen LogP contribution in [0.2, 0.25) is 0 Å². The Hall–Kier alpha value is -9.62. The van der Waals surface area contributed by atoms with E-state index < -0.39 is 194 Å². The second-order valence-electron chi connectivity index (χ2n) is 20.7. The number of nitrogens with two attached hydrogens (primary N) is 5. The Morgan fingerprint density at radius 3 is 1.71 bits per heavy atom. The summed E-state index contributed by atoms with van der Waals surface area (Å²) in [4.78, 5) is 208. The number of aliphatic carboxylic acids is 2. The lowest BCUT2D eigenvalue weighted by Crippen LogP contribution is -2.61. The summed E-state index contributed by atoms with van der Waals surface area (Å²) in [5.74, 6) is -15.5. The second-order valence-corrected chi connectivity index (χ2v) is 23.3. The first kappa shape index (κ1) is 79.5. The van der Waals surface area contributed by atoms with Crippen molar-refractivity contribution in [1.29, 1.82) is 0 Å². The van der Waals surface area contributed by atoms with Crippen LogP contribution in [0.3, 0.4) is 0 Å². The standard InChI is InChI=1S/C52H74N16O15S2.2C2H4O2/c53-17-5-4-9-31(45(76)60-23-41(57)72)63-51(82)38-10-6-18-68(38)52(83)37-27-85-84-26-36(61-44(75)25-59-43(74)24-58-42(73)22-54)50(81)65-34(20-29-11-13-30(69)14-12-29)48(79)64-33(19-28-7-2-1-3-8-28)47(78)62-32(15-16-39(55)70)46(77)66-35(21-40(56)71)49(80)67-37;2*1-2(3)4/h1-3,7-8,11-14,31-38,69H,4-6,9-10,15-27,53-54H2,(H2,55,70)(H2,56,71)(H2,57,72)(H,58,73)(H,59,74)(H,60,76)(H,61,75)(H,62,78)(H,63,82)(H,64,79)(H,65,81)(H,66,77)(H,67,80);2*1H3,(H,3,4)/t31-,32-,33?,34-,35-,36-,37-,38-;;/m0../s1. The van der Waals surface area contributed by atoms with Crippen molar-refractivity contribution in [3.8, 4) is 5.75 Å². The number of nitrogens with one attached hydrogen (secondary N) is 10. The molecule has 0 spiro atoms. The van der Waals surface area contributed by atoms with Gasteiger partial charge in [-0.15, -0.1) is 0 Å². The summed E-state index contributed by atoms with van der Waals surface area (Å²) in [5, 5.41) is 49.6. The largest absolute Gasteiger partial charge is 0.508 e. The van der Waals surface area contributed by atoms with E-state index in [-0.39, 0.29) is 56.7 Å². The van der Waals surface area contributed by atoms with Gasteiger partial charge in [0.05, 0.1) is 32.6 Å². The average molecular weight is 1350 g/mol. The van der Waals surface area contributed by atoms with Crippen molar-refractivity contribution >= 4 is 116 Å². The summed E-state index contributed by atoms with van der Waals surface area (Å²) in [5.41, 5.74) is 28.1. The fourth-order valence-electron chi connectivity index (χ4n) is 8.62. The van der Waals surface area contributed by atoms with Crippen molar-refractivity contribution in [3.05, 3.63) is 65.7 Å². The summed E-state index contributed by atoms with van der Waals surface area (Å²) in [6.45, 7) is 0.156. The molecule has 2 aromatic rings. The van der Waals surface area contributed by atoms with Gasteiger partial charge in [-0.25, -0.2) is 0 Å². The van der Waals surface area contributed by atoms with Crippen molar-refractivity contribution < 1.29 is 92.0 Å². The fourth-order valence-corrected chi connectivity index (χ4v) is 10.9. The van der Waals surface area contributed by atoms with E-state index in [1.165, 1.54) is 24.3 Å². The number of aromatic hydroxyl groups is 1. The van der Waals surface area contributed by atoms with Crippen molar-refractivity contribution in [3.63, 3.8) is 0 Å². The number of benzene rings is 2. The highest BCUT2D eigenvalue weighted by Crippen LogP contribution is 2.26. The molecule has 2 aromatic carbocycles. The van der Waals surface area contributed by atoms with Crippen molar-refractivity contribution in [2.75, 3.05) is 50.8 Å². The number of nitrogens with zero attached hydrogens (tertiary/aromatic N) is 1. The molecule has 4 rings (SSSR count). The van der Waals surface area contributed by atoms with Gasteiger partial charge in [0.25, 0.3) is 11.9 Å². The molecule has 0 radical (unpaired) electrons. The Morgan fingerprint density at radius 2 is 1.14 bits per heavy atom. The molecule has 2 fully saturated rings. The maximum absolute atomic E-state index is 14.8. The molecule has 2 aliphatic rings. The molecule has 2 aliphatic heterocycles. The number of hydrogen-bond donors (Lipinski definition) is 18. The van der Waals surface area contributed by atoms with Crippen LogP contribution < -0.4 is 81.8 Å². The number of unbranched alkanes of at least 4 members (excludes halogenated alkanes) is 1. The summed E-state index contributed by atoms with van der Waals surface area (Å²) >= 11 is 0. The molecule has 14 amide bonds. The van der Waals surface area contributed by atoms with Gasteiger partial charge in [-0.05, 0) is 68.3 Å². The number of carboxylic acid groups (broad SMARTS) is 2. The Balaban J connectivity index is 0.00000347. The molecule has 0 aliphatic carbocycles. The van der Waals surface area contributed by atoms with Crippen LogP contribution in [-0.4, -0.2) is 214 Å². The van der Waals surface area contributed by atoms with E-state index in [0.717, 1.165) is 40.3 Å². The normalized spacial score (nSPS) is 19.9. The minimum absolute atomic E-state index is 0.0517. The van der Waals surface area contributed by atoms with E-state index >= 15 is 0 Å². The van der Waals surface area contributed by atoms with Gasteiger partial charge < -0.3 is 102 Å². The zero-order valence-electron chi connectivity index (χ0n) is 51.1. The third-order valence-electron chi connectivity index (χ3n) is 13.0. The van der Waals surface area contributed by atoms with Crippen LogP contribution in [0.5, 0.6) is 5.75 Å². The Morgan fingerprint density at radius 1 is 0.613 bits per heavy atom. The zero-order chi connectivity index (χ0) is 69.7. The van der Waals surface area contributed by atoms with Gasteiger partial charge in [0, 0.05) is 51.2 Å². The number of primary amides is 3. The highest BCUT2D eigenvalue weighted by Gasteiger charge is 2.41. The third kappa shape index (κ3) is 32.3. The molecular weight excluding hydrogens is 1260 g/mol. The summed E-state index contributed by atoms with van der Waals surface area (Å²) in [7, 11) is 1.73. The van der Waals surface area contributed by atoms with Crippen molar-refractivity contribution in [2.45, 2.75) is 126 Å². The van der Waals surface area contributed by atoms with Gasteiger partial charge in [-0.3, -0.25) is 76.7 Å². The molecule has 512 valence electrons. The number of amides is 14. The smallest absolute Gasteiger partial charge is 0.300 e. The Labute approximate surface area is 541 Å². The molecular formula is C56H82N16O19S2. The molecule has 0 aromatic heterocycles. The number of carboxylic acids is 2. The molecule has 2 saturated heterocycles. The number of likely N-dealkylation sites (tertiary alicyclic amines) is 1. The molecule has 35 nitrogen and oxygen atoms in total.